The van der Waals surface area contributed by atoms with Crippen molar-refractivity contribution in [1.29, 1.82) is 0 Å². The van der Waals surface area contributed by atoms with Gasteiger partial charge in [-0.2, -0.15) is 0 Å². The van der Waals surface area contributed by atoms with Gasteiger partial charge in [-0.25, -0.2) is 4.39 Å². The third kappa shape index (κ3) is 3.27. The number of benzene rings is 1. The first kappa shape index (κ1) is 13.6. The van der Waals surface area contributed by atoms with Crippen LogP contribution < -0.4 is 4.74 Å². The molecule has 0 bridgehead atoms. The molecular formula is C13H17FO3. The Kier molecular flexibility index (Phi) is 5.10. The molecule has 0 amide bonds. The summed E-state index contributed by atoms with van der Waals surface area (Å²) in [7, 11) is 2.97. The molecule has 17 heavy (non-hydrogen) atoms. The highest BCUT2D eigenvalue weighted by Gasteiger charge is 2.16. The van der Waals surface area contributed by atoms with Gasteiger partial charge in [0.1, 0.15) is 6.29 Å². The van der Waals surface area contributed by atoms with Crippen LogP contribution in [0.25, 0.3) is 0 Å². The molecule has 1 atom stereocenters. The van der Waals surface area contributed by atoms with Crippen molar-refractivity contribution < 1.29 is 18.7 Å². The van der Waals surface area contributed by atoms with E-state index in [2.05, 4.69) is 0 Å². The van der Waals surface area contributed by atoms with E-state index in [1.165, 1.54) is 13.2 Å². The normalized spacial score (nSPS) is 12.2. The van der Waals surface area contributed by atoms with Gasteiger partial charge in [0, 0.05) is 19.1 Å². The van der Waals surface area contributed by atoms with E-state index >= 15 is 0 Å². The van der Waals surface area contributed by atoms with E-state index in [0.29, 0.717) is 18.6 Å². The first-order valence-corrected chi connectivity index (χ1v) is 5.42. The molecule has 0 aliphatic rings. The Morgan fingerprint density at radius 3 is 2.65 bits per heavy atom. The van der Waals surface area contributed by atoms with Gasteiger partial charge >= 0.3 is 0 Å². The van der Waals surface area contributed by atoms with E-state index in [-0.39, 0.29) is 11.7 Å². The summed E-state index contributed by atoms with van der Waals surface area (Å²) >= 11 is 0. The van der Waals surface area contributed by atoms with Crippen LogP contribution in [-0.2, 0) is 16.1 Å². The topological polar surface area (TPSA) is 35.5 Å². The van der Waals surface area contributed by atoms with Crippen LogP contribution in [0.5, 0.6) is 5.75 Å². The molecular weight excluding hydrogens is 223 g/mol. The molecule has 1 rings (SSSR count). The van der Waals surface area contributed by atoms with Gasteiger partial charge < -0.3 is 14.3 Å². The van der Waals surface area contributed by atoms with Crippen molar-refractivity contribution in [2.75, 3.05) is 14.2 Å². The fraction of sp³-hybridized carbons (Fsp3) is 0.462. The largest absolute Gasteiger partial charge is 0.493 e. The second kappa shape index (κ2) is 6.35. The van der Waals surface area contributed by atoms with Crippen molar-refractivity contribution in [2.24, 2.45) is 0 Å². The second-order valence-corrected chi connectivity index (χ2v) is 3.94. The Morgan fingerprint density at radius 1 is 1.41 bits per heavy atom. The number of halogens is 1. The van der Waals surface area contributed by atoms with Gasteiger partial charge in [0.05, 0.1) is 13.7 Å². The Labute approximate surface area is 101 Å². The Hall–Kier alpha value is -1.42. The van der Waals surface area contributed by atoms with Crippen LogP contribution in [0, 0.1) is 5.82 Å². The zero-order chi connectivity index (χ0) is 12.8. The SMILES string of the molecule is COCc1cc(F)c(OC)c(C(C)CC=O)c1. The quantitative estimate of drug-likeness (QED) is 0.717. The molecule has 1 aromatic carbocycles. The van der Waals surface area contributed by atoms with Gasteiger partial charge in [0.25, 0.3) is 0 Å². The van der Waals surface area contributed by atoms with E-state index in [9.17, 15) is 9.18 Å². The molecule has 0 N–H and O–H groups in total. The van der Waals surface area contributed by atoms with E-state index in [0.717, 1.165) is 11.8 Å². The summed E-state index contributed by atoms with van der Waals surface area (Å²) in [6.07, 6.45) is 1.16. The number of hydrogen-bond acceptors (Lipinski definition) is 3. The molecule has 0 radical (unpaired) electrons. The number of carbonyl (C=O) groups excluding carboxylic acids is 1. The predicted octanol–water partition coefficient (Wildman–Crippen LogP) is 2.67. The lowest BCUT2D eigenvalue weighted by molar-refractivity contribution is -0.108. The van der Waals surface area contributed by atoms with Crippen LogP contribution in [0.2, 0.25) is 0 Å². The van der Waals surface area contributed by atoms with Gasteiger partial charge in [-0.15, -0.1) is 0 Å². The van der Waals surface area contributed by atoms with Gasteiger partial charge in [-0.1, -0.05) is 6.92 Å². The maximum atomic E-state index is 13.8. The van der Waals surface area contributed by atoms with Crippen LogP contribution in [0.3, 0.4) is 0 Å². The number of methoxy groups -OCH3 is 2. The summed E-state index contributed by atoms with van der Waals surface area (Å²) in [5.74, 6) is -0.289. The van der Waals surface area contributed by atoms with Crippen molar-refractivity contribution in [3.05, 3.63) is 29.1 Å². The van der Waals surface area contributed by atoms with Crippen molar-refractivity contribution >= 4 is 6.29 Å². The molecule has 0 saturated carbocycles. The van der Waals surface area contributed by atoms with Crippen LogP contribution in [0.4, 0.5) is 4.39 Å². The lowest BCUT2D eigenvalue weighted by Crippen LogP contribution is -2.03. The Morgan fingerprint density at radius 2 is 2.12 bits per heavy atom. The predicted molar refractivity (Wildman–Crippen MR) is 62.8 cm³/mol. The van der Waals surface area contributed by atoms with Crippen LogP contribution >= 0.6 is 0 Å². The maximum absolute atomic E-state index is 13.8. The first-order valence-electron chi connectivity index (χ1n) is 5.42. The minimum Gasteiger partial charge on any atom is -0.493 e. The van der Waals surface area contributed by atoms with E-state index in [4.69, 9.17) is 9.47 Å². The molecule has 0 aliphatic carbocycles. The average molecular weight is 240 g/mol. The highest BCUT2D eigenvalue weighted by Crippen LogP contribution is 2.32. The van der Waals surface area contributed by atoms with Crippen LogP contribution in [0.15, 0.2) is 12.1 Å². The first-order chi connectivity index (χ1) is 8.13. The summed E-state index contributed by atoms with van der Waals surface area (Å²) in [6, 6.07) is 3.21. The summed E-state index contributed by atoms with van der Waals surface area (Å²) in [4.78, 5) is 10.5. The molecule has 0 spiro atoms. The smallest absolute Gasteiger partial charge is 0.165 e. The fourth-order valence-electron chi connectivity index (χ4n) is 1.78. The van der Waals surface area contributed by atoms with Gasteiger partial charge in [0.2, 0.25) is 0 Å². The number of ether oxygens (including phenoxy) is 2. The lowest BCUT2D eigenvalue weighted by atomic mass is 9.95. The van der Waals surface area contributed by atoms with Gasteiger partial charge in [-0.3, -0.25) is 0 Å². The fourth-order valence-corrected chi connectivity index (χ4v) is 1.78. The molecule has 1 aromatic rings. The average Bonchev–Trinajstić information content (AvgIpc) is 2.29. The highest BCUT2D eigenvalue weighted by molar-refractivity contribution is 5.53. The Balaban J connectivity index is 3.17. The van der Waals surface area contributed by atoms with Crippen molar-refractivity contribution in [2.45, 2.75) is 25.9 Å². The number of aldehydes is 1. The molecule has 0 aliphatic heterocycles. The molecule has 94 valence electrons. The Bertz CT molecular complexity index is 390. The molecule has 1 unspecified atom stereocenters. The lowest BCUT2D eigenvalue weighted by Gasteiger charge is -2.16. The number of carbonyl (C=O) groups is 1. The number of hydrogen-bond donors (Lipinski definition) is 0. The van der Waals surface area contributed by atoms with Crippen molar-refractivity contribution in [3.8, 4) is 5.75 Å². The standard InChI is InChI=1S/C13H17FO3/c1-9(4-5-15)11-6-10(8-16-2)7-12(14)13(11)17-3/h5-7,9H,4,8H2,1-3H3. The molecule has 0 aromatic heterocycles. The third-order valence-electron chi connectivity index (χ3n) is 2.63. The summed E-state index contributed by atoms with van der Waals surface area (Å²) in [5.41, 5.74) is 1.44. The molecule has 4 heteroatoms. The second-order valence-electron chi connectivity index (χ2n) is 3.94. The summed E-state index contributed by atoms with van der Waals surface area (Å²) < 4.78 is 23.8. The minimum absolute atomic E-state index is 0.0752. The molecule has 0 heterocycles. The number of rotatable bonds is 6. The summed E-state index contributed by atoms with van der Waals surface area (Å²) in [5, 5.41) is 0. The molecule has 0 saturated heterocycles. The molecule has 3 nitrogen and oxygen atoms in total. The van der Waals surface area contributed by atoms with Gasteiger partial charge in [0.15, 0.2) is 11.6 Å². The van der Waals surface area contributed by atoms with E-state index in [1.807, 2.05) is 13.0 Å². The maximum Gasteiger partial charge on any atom is 0.165 e. The zero-order valence-electron chi connectivity index (χ0n) is 10.3. The van der Waals surface area contributed by atoms with Crippen molar-refractivity contribution in [3.63, 3.8) is 0 Å². The summed E-state index contributed by atoms with van der Waals surface area (Å²) in [6.45, 7) is 2.20. The monoisotopic (exact) mass is 240 g/mol. The third-order valence-corrected chi connectivity index (χ3v) is 2.63. The minimum atomic E-state index is -0.421. The highest BCUT2D eigenvalue weighted by atomic mass is 19.1. The van der Waals surface area contributed by atoms with Crippen LogP contribution in [0.1, 0.15) is 30.4 Å². The molecule has 0 fully saturated rings. The van der Waals surface area contributed by atoms with E-state index in [1.54, 1.807) is 7.11 Å². The van der Waals surface area contributed by atoms with E-state index < -0.39 is 5.82 Å². The van der Waals surface area contributed by atoms with Gasteiger partial charge in [-0.05, 0) is 23.6 Å². The van der Waals surface area contributed by atoms with Crippen molar-refractivity contribution in [1.82, 2.24) is 0 Å². The van der Waals surface area contributed by atoms with Crippen LogP contribution in [-0.4, -0.2) is 20.5 Å². The zero-order valence-corrected chi connectivity index (χ0v) is 10.3.